The summed E-state index contributed by atoms with van der Waals surface area (Å²) in [5.74, 6) is 0.907. The van der Waals surface area contributed by atoms with Crippen LogP contribution in [0.1, 0.15) is 26.3 Å². The summed E-state index contributed by atoms with van der Waals surface area (Å²) < 4.78 is 0. The molecule has 0 fully saturated rings. The zero-order valence-corrected chi connectivity index (χ0v) is 14.0. The fourth-order valence-corrected chi connectivity index (χ4v) is 1.91. The van der Waals surface area contributed by atoms with Crippen molar-refractivity contribution in [2.45, 2.75) is 26.2 Å². The SMILES string of the molecule is CCSC(=N)Nc1ccc(C(C)(C)CN)cc1.Cl.Cl. The second-order valence-electron chi connectivity index (χ2n) is 4.55. The lowest BCUT2D eigenvalue weighted by atomic mass is 9.85. The third-order valence-electron chi connectivity index (χ3n) is 2.72. The minimum Gasteiger partial charge on any atom is -0.335 e. The van der Waals surface area contributed by atoms with Gasteiger partial charge in [-0.15, -0.1) is 24.8 Å². The van der Waals surface area contributed by atoms with Crippen LogP contribution >= 0.6 is 36.6 Å². The lowest BCUT2D eigenvalue weighted by Gasteiger charge is -2.23. The Morgan fingerprint density at radius 1 is 1.26 bits per heavy atom. The van der Waals surface area contributed by atoms with Crippen LogP contribution in [-0.2, 0) is 5.41 Å². The highest BCUT2D eigenvalue weighted by Gasteiger charge is 2.17. The highest BCUT2D eigenvalue weighted by molar-refractivity contribution is 8.14. The number of benzene rings is 1. The monoisotopic (exact) mass is 323 g/mol. The molecule has 1 rings (SSSR count). The first-order valence-electron chi connectivity index (χ1n) is 5.78. The Labute approximate surface area is 132 Å². The van der Waals surface area contributed by atoms with Crippen LogP contribution in [-0.4, -0.2) is 17.5 Å². The van der Waals surface area contributed by atoms with Gasteiger partial charge in [-0.1, -0.05) is 44.7 Å². The van der Waals surface area contributed by atoms with Gasteiger partial charge < -0.3 is 11.1 Å². The highest BCUT2D eigenvalue weighted by Crippen LogP contribution is 2.23. The third-order valence-corrected chi connectivity index (χ3v) is 3.40. The van der Waals surface area contributed by atoms with Crippen LogP contribution in [0.2, 0.25) is 0 Å². The Morgan fingerprint density at radius 3 is 2.21 bits per heavy atom. The molecule has 0 aliphatic carbocycles. The highest BCUT2D eigenvalue weighted by atomic mass is 35.5. The van der Waals surface area contributed by atoms with Crippen LogP contribution in [0.5, 0.6) is 0 Å². The molecule has 0 aliphatic rings. The largest absolute Gasteiger partial charge is 0.335 e. The first kappa shape index (κ1) is 20.9. The maximum Gasteiger partial charge on any atom is 0.158 e. The molecule has 0 atom stereocenters. The van der Waals surface area contributed by atoms with Gasteiger partial charge in [-0.25, -0.2) is 0 Å². The molecule has 3 nitrogen and oxygen atoms in total. The van der Waals surface area contributed by atoms with Gasteiger partial charge in [0.1, 0.15) is 0 Å². The smallest absolute Gasteiger partial charge is 0.158 e. The number of hydrogen-bond acceptors (Lipinski definition) is 3. The molecular weight excluding hydrogens is 301 g/mol. The molecule has 0 saturated heterocycles. The van der Waals surface area contributed by atoms with Crippen molar-refractivity contribution in [2.24, 2.45) is 5.73 Å². The van der Waals surface area contributed by atoms with E-state index in [9.17, 15) is 0 Å². The molecule has 0 aromatic heterocycles. The predicted molar refractivity (Wildman–Crippen MR) is 92.5 cm³/mol. The summed E-state index contributed by atoms with van der Waals surface area (Å²) >= 11 is 1.49. The van der Waals surface area contributed by atoms with Gasteiger partial charge in [0, 0.05) is 17.6 Å². The van der Waals surface area contributed by atoms with Crippen molar-refractivity contribution in [3.8, 4) is 0 Å². The van der Waals surface area contributed by atoms with E-state index in [1.165, 1.54) is 17.3 Å². The second kappa shape index (κ2) is 9.48. The Balaban J connectivity index is 0. The lowest BCUT2D eigenvalue weighted by molar-refractivity contribution is 0.539. The predicted octanol–water partition coefficient (Wildman–Crippen LogP) is 3.87. The van der Waals surface area contributed by atoms with Crippen LogP contribution in [0, 0.1) is 5.41 Å². The average Bonchev–Trinajstić information content (AvgIpc) is 2.30. The summed E-state index contributed by atoms with van der Waals surface area (Å²) in [6, 6.07) is 8.13. The maximum absolute atomic E-state index is 7.67. The van der Waals surface area contributed by atoms with E-state index in [1.54, 1.807) is 0 Å². The van der Waals surface area contributed by atoms with E-state index in [1.807, 2.05) is 19.1 Å². The molecule has 0 amide bonds. The Bertz CT molecular complexity index is 380. The van der Waals surface area contributed by atoms with Crippen molar-refractivity contribution < 1.29 is 0 Å². The minimum atomic E-state index is 0. The number of amidine groups is 1. The maximum atomic E-state index is 7.67. The molecular formula is C13H23Cl2N3S. The van der Waals surface area contributed by atoms with E-state index in [0.29, 0.717) is 11.7 Å². The summed E-state index contributed by atoms with van der Waals surface area (Å²) in [5, 5.41) is 11.2. The minimum absolute atomic E-state index is 0. The molecule has 0 heterocycles. The number of thioether (sulfide) groups is 1. The molecule has 1 aromatic carbocycles. The van der Waals surface area contributed by atoms with Gasteiger partial charge in [0.15, 0.2) is 5.17 Å². The number of nitrogens with one attached hydrogen (secondary N) is 2. The summed E-state index contributed by atoms with van der Waals surface area (Å²) in [4.78, 5) is 0. The van der Waals surface area contributed by atoms with Gasteiger partial charge in [0.25, 0.3) is 0 Å². The van der Waals surface area contributed by atoms with Crippen molar-refractivity contribution >= 4 is 47.4 Å². The number of anilines is 1. The number of rotatable bonds is 4. The molecule has 0 aliphatic heterocycles. The number of halogens is 2. The topological polar surface area (TPSA) is 61.9 Å². The van der Waals surface area contributed by atoms with Gasteiger partial charge in [0.2, 0.25) is 0 Å². The van der Waals surface area contributed by atoms with Gasteiger partial charge >= 0.3 is 0 Å². The van der Waals surface area contributed by atoms with Crippen molar-refractivity contribution in [3.63, 3.8) is 0 Å². The Kier molecular flexibility index (Phi) is 10.4. The first-order chi connectivity index (χ1) is 7.99. The second-order valence-corrected chi connectivity index (χ2v) is 5.83. The molecule has 0 unspecified atom stereocenters. The molecule has 110 valence electrons. The fourth-order valence-electron chi connectivity index (χ4n) is 1.43. The summed E-state index contributed by atoms with van der Waals surface area (Å²) in [5.41, 5.74) is 7.92. The third kappa shape index (κ3) is 6.52. The van der Waals surface area contributed by atoms with E-state index in [4.69, 9.17) is 11.1 Å². The van der Waals surface area contributed by atoms with Crippen LogP contribution < -0.4 is 11.1 Å². The van der Waals surface area contributed by atoms with Crippen LogP contribution in [0.4, 0.5) is 5.69 Å². The number of nitrogens with two attached hydrogens (primary N) is 1. The van der Waals surface area contributed by atoms with Gasteiger partial charge in [-0.05, 0) is 23.4 Å². The Hall–Kier alpha value is -0.420. The summed E-state index contributed by atoms with van der Waals surface area (Å²) in [6.07, 6.45) is 0. The molecule has 19 heavy (non-hydrogen) atoms. The zero-order valence-electron chi connectivity index (χ0n) is 11.5. The van der Waals surface area contributed by atoms with Gasteiger partial charge in [0.05, 0.1) is 0 Å². The van der Waals surface area contributed by atoms with E-state index in [2.05, 4.69) is 31.3 Å². The molecule has 0 radical (unpaired) electrons. The lowest BCUT2D eigenvalue weighted by Crippen LogP contribution is -2.27. The van der Waals surface area contributed by atoms with E-state index < -0.39 is 0 Å². The van der Waals surface area contributed by atoms with Crippen molar-refractivity contribution in [1.82, 2.24) is 0 Å². The van der Waals surface area contributed by atoms with E-state index in [0.717, 1.165) is 11.4 Å². The molecule has 6 heteroatoms. The van der Waals surface area contributed by atoms with Gasteiger partial charge in [-0.2, -0.15) is 0 Å². The summed E-state index contributed by atoms with van der Waals surface area (Å²) in [6.45, 7) is 6.92. The van der Waals surface area contributed by atoms with Crippen molar-refractivity contribution in [2.75, 3.05) is 17.6 Å². The molecule has 1 aromatic rings. The first-order valence-corrected chi connectivity index (χ1v) is 6.77. The zero-order chi connectivity index (χ0) is 12.9. The Morgan fingerprint density at radius 2 is 1.79 bits per heavy atom. The quantitative estimate of drug-likeness (QED) is 0.582. The van der Waals surface area contributed by atoms with E-state index in [-0.39, 0.29) is 30.2 Å². The normalized spacial score (nSPS) is 10.1. The molecule has 4 N–H and O–H groups in total. The molecule has 0 spiro atoms. The average molecular weight is 324 g/mol. The van der Waals surface area contributed by atoms with Crippen molar-refractivity contribution in [3.05, 3.63) is 29.8 Å². The van der Waals surface area contributed by atoms with Crippen LogP contribution in [0.25, 0.3) is 0 Å². The molecule has 0 bridgehead atoms. The van der Waals surface area contributed by atoms with Crippen LogP contribution in [0.3, 0.4) is 0 Å². The summed E-state index contributed by atoms with van der Waals surface area (Å²) in [7, 11) is 0. The standard InChI is InChI=1S/C13H21N3S.2ClH/c1-4-17-12(15)16-11-7-5-10(6-8-11)13(2,3)9-14;;/h5-8H,4,9,14H2,1-3H3,(H2,15,16);2*1H. The molecule has 0 saturated carbocycles. The van der Waals surface area contributed by atoms with Crippen LogP contribution in [0.15, 0.2) is 24.3 Å². The van der Waals surface area contributed by atoms with Gasteiger partial charge in [-0.3, -0.25) is 5.41 Å². The fraction of sp³-hybridized carbons (Fsp3) is 0.462. The van der Waals surface area contributed by atoms with Crippen molar-refractivity contribution in [1.29, 1.82) is 5.41 Å². The van der Waals surface area contributed by atoms with E-state index >= 15 is 0 Å². The number of hydrogen-bond donors (Lipinski definition) is 3.